The van der Waals surface area contributed by atoms with E-state index >= 15 is 0 Å². The molecule has 0 aliphatic carbocycles. The fourth-order valence-electron chi connectivity index (χ4n) is 1.43. The third kappa shape index (κ3) is 6.07. The minimum absolute atomic E-state index is 0.119. The molecule has 0 aliphatic heterocycles. The monoisotopic (exact) mass is 386 g/mol. The molecule has 11 nitrogen and oxygen atoms in total. The van der Waals surface area contributed by atoms with E-state index in [9.17, 15) is 24.7 Å². The van der Waals surface area contributed by atoms with Crippen LogP contribution in [0.15, 0.2) is 30.9 Å². The first kappa shape index (κ1) is 21.5. The first-order chi connectivity index (χ1) is 11.1. The molecular formula is C11H24N4O7P2. The van der Waals surface area contributed by atoms with Gasteiger partial charge in [0.15, 0.2) is 0 Å². The summed E-state index contributed by atoms with van der Waals surface area (Å²) < 4.78 is 5.90. The van der Waals surface area contributed by atoms with Crippen LogP contribution in [0.1, 0.15) is 13.8 Å². The fraction of sp³-hybridized carbons (Fsp3) is 0.545. The Bertz CT molecular complexity index is 513. The molecule has 1 aromatic rings. The van der Waals surface area contributed by atoms with Gasteiger partial charge >= 0.3 is 140 Å². The topological polar surface area (TPSA) is 161 Å². The Hall–Kier alpha value is -0.550. The summed E-state index contributed by atoms with van der Waals surface area (Å²) in [6.07, 6.45) is 4.04. The molecule has 0 saturated carbocycles. The molecule has 0 spiro atoms. The molecule has 13 heteroatoms. The van der Waals surface area contributed by atoms with Crippen LogP contribution >= 0.6 is 16.3 Å². The third-order valence-electron chi connectivity index (χ3n) is 3.28. The predicted octanol–water partition coefficient (Wildman–Crippen LogP) is -0.525. The second kappa shape index (κ2) is 9.23. The van der Waals surface area contributed by atoms with Crippen molar-refractivity contribution in [2.45, 2.75) is 25.5 Å². The van der Waals surface area contributed by atoms with Crippen molar-refractivity contribution in [3.05, 3.63) is 30.9 Å². The van der Waals surface area contributed by atoms with Crippen LogP contribution in [0.3, 0.4) is 0 Å². The van der Waals surface area contributed by atoms with E-state index in [-0.39, 0.29) is 5.92 Å². The standard InChI is InChI=1S/C11H24N4O7P2/c1-9(2)10(3)6-13-21-14-22-23(17)11(16,24(18,19)20)7-15-5-4-12-8-15/h4-5,8,10,13-14,16-20,24H,1,6-7H2,2-3H3/t10-,11?,23+/m0/s1. The number of rotatable bonds is 11. The van der Waals surface area contributed by atoms with E-state index in [1.165, 1.54) is 23.3 Å². The van der Waals surface area contributed by atoms with Crippen molar-refractivity contribution in [3.63, 3.8) is 0 Å². The SMILES string of the molecule is C=C(C)[C@@H](C)CNONO[P@@](O)C(O)(Cn1ccnc1)[PH](O)(O)O. The van der Waals surface area contributed by atoms with E-state index in [1.54, 1.807) is 0 Å². The Kier molecular flexibility index (Phi) is 8.27. The first-order valence-corrected chi connectivity index (χ1v) is 9.93. The van der Waals surface area contributed by atoms with E-state index < -0.39 is 27.9 Å². The fourth-order valence-corrected chi connectivity index (χ4v) is 3.53. The number of aromatic nitrogens is 2. The Morgan fingerprint density at radius 2 is 2.17 bits per heavy atom. The third-order valence-corrected chi connectivity index (χ3v) is 7.01. The zero-order valence-corrected chi connectivity index (χ0v) is 15.2. The summed E-state index contributed by atoms with van der Waals surface area (Å²) in [5.41, 5.74) is 5.30. The Balaban J connectivity index is 2.54. The molecular weight excluding hydrogens is 362 g/mol. The van der Waals surface area contributed by atoms with E-state index in [0.29, 0.717) is 6.54 Å². The van der Waals surface area contributed by atoms with Crippen molar-refractivity contribution in [1.82, 2.24) is 20.7 Å². The van der Waals surface area contributed by atoms with Crippen LogP contribution in [-0.4, -0.2) is 45.9 Å². The second-order valence-corrected chi connectivity index (χ2v) is 9.32. The molecule has 1 aromatic heterocycles. The minimum atomic E-state index is -5.20. The van der Waals surface area contributed by atoms with Gasteiger partial charge in [0, 0.05) is 0 Å². The normalized spacial score (nSPS) is 18.0. The molecule has 0 amide bonds. The molecule has 140 valence electrons. The van der Waals surface area contributed by atoms with Crippen molar-refractivity contribution >= 4 is 16.3 Å². The zero-order chi connectivity index (χ0) is 18.4. The van der Waals surface area contributed by atoms with Crippen molar-refractivity contribution in [2.75, 3.05) is 6.54 Å². The summed E-state index contributed by atoms with van der Waals surface area (Å²) >= 11 is 0. The van der Waals surface area contributed by atoms with Gasteiger partial charge in [-0.05, 0) is 0 Å². The number of hydrogen-bond donors (Lipinski definition) is 7. The molecule has 0 aliphatic rings. The van der Waals surface area contributed by atoms with Crippen LogP contribution in [0, 0.1) is 5.92 Å². The summed E-state index contributed by atoms with van der Waals surface area (Å²) in [7, 11) is -8.14. The number of nitrogens with zero attached hydrogens (tertiary/aromatic N) is 2. The van der Waals surface area contributed by atoms with Crippen LogP contribution in [0.5, 0.6) is 0 Å². The molecule has 1 unspecified atom stereocenters. The van der Waals surface area contributed by atoms with Crippen LogP contribution in [0.2, 0.25) is 0 Å². The molecule has 1 rings (SSSR count). The summed E-state index contributed by atoms with van der Waals surface area (Å²) in [5, 5.41) is 7.59. The number of aliphatic hydroxyl groups is 1. The summed E-state index contributed by atoms with van der Waals surface area (Å²) in [6, 6.07) is 0. The molecule has 7 N–H and O–H groups in total. The van der Waals surface area contributed by atoms with Gasteiger partial charge in [-0.15, -0.1) is 0 Å². The molecule has 24 heavy (non-hydrogen) atoms. The van der Waals surface area contributed by atoms with Gasteiger partial charge in [-0.2, -0.15) is 0 Å². The number of hydrogen-bond acceptors (Lipinski definition) is 10. The average Bonchev–Trinajstić information content (AvgIpc) is 2.97. The molecule has 3 atom stereocenters. The molecule has 0 saturated heterocycles. The second-order valence-electron chi connectivity index (χ2n) is 5.33. The Labute approximate surface area is 140 Å². The molecule has 0 radical (unpaired) electrons. The van der Waals surface area contributed by atoms with Crippen molar-refractivity contribution in [1.29, 1.82) is 0 Å². The number of hydroxylamine groups is 1. The number of nitrogens with one attached hydrogen (secondary N) is 2. The van der Waals surface area contributed by atoms with Gasteiger partial charge in [0.05, 0.1) is 0 Å². The quantitative estimate of drug-likeness (QED) is 0.114. The van der Waals surface area contributed by atoms with E-state index in [2.05, 4.69) is 21.7 Å². The summed E-state index contributed by atoms with van der Waals surface area (Å²) in [5.74, 6) is 0.119. The van der Waals surface area contributed by atoms with Gasteiger partial charge in [-0.25, -0.2) is 0 Å². The zero-order valence-electron chi connectivity index (χ0n) is 13.3. The molecule has 0 aromatic carbocycles. The van der Waals surface area contributed by atoms with E-state index in [0.717, 1.165) is 5.57 Å². The van der Waals surface area contributed by atoms with Crippen LogP contribution in [0.25, 0.3) is 0 Å². The van der Waals surface area contributed by atoms with Gasteiger partial charge in [0.25, 0.3) is 0 Å². The van der Waals surface area contributed by atoms with Gasteiger partial charge in [0.2, 0.25) is 0 Å². The molecule has 0 fully saturated rings. The summed E-state index contributed by atoms with van der Waals surface area (Å²) in [4.78, 5) is 46.8. The van der Waals surface area contributed by atoms with E-state index in [4.69, 9.17) is 4.94 Å². The van der Waals surface area contributed by atoms with Gasteiger partial charge < -0.3 is 0 Å². The predicted molar refractivity (Wildman–Crippen MR) is 88.6 cm³/mol. The van der Waals surface area contributed by atoms with Crippen LogP contribution in [-0.2, 0) is 16.1 Å². The first-order valence-electron chi connectivity index (χ1n) is 6.88. The van der Waals surface area contributed by atoms with Crippen LogP contribution < -0.4 is 11.1 Å². The average molecular weight is 386 g/mol. The molecule has 0 bridgehead atoms. The maximum atomic E-state index is 10.3. The summed E-state index contributed by atoms with van der Waals surface area (Å²) in [6.45, 7) is 7.38. The van der Waals surface area contributed by atoms with Gasteiger partial charge in [-0.1, -0.05) is 0 Å². The number of imidazole rings is 1. The molecule has 1 heterocycles. The maximum absolute atomic E-state index is 10.3. The Morgan fingerprint density at radius 3 is 2.67 bits per heavy atom. The van der Waals surface area contributed by atoms with E-state index in [1.807, 2.05) is 19.5 Å². The van der Waals surface area contributed by atoms with Gasteiger partial charge in [0.1, 0.15) is 0 Å². The van der Waals surface area contributed by atoms with Crippen molar-refractivity contribution in [2.24, 2.45) is 5.92 Å². The van der Waals surface area contributed by atoms with Gasteiger partial charge in [-0.3, -0.25) is 0 Å². The Morgan fingerprint density at radius 1 is 1.50 bits per heavy atom. The van der Waals surface area contributed by atoms with Crippen molar-refractivity contribution in [3.8, 4) is 0 Å². The van der Waals surface area contributed by atoms with Crippen LogP contribution in [0.4, 0.5) is 0 Å². The van der Waals surface area contributed by atoms with Crippen molar-refractivity contribution < 1.29 is 34.2 Å².